The van der Waals surface area contributed by atoms with Crippen LogP contribution in [0, 0.1) is 6.92 Å². The average molecular weight is 293 g/mol. The number of aromatic nitrogens is 2. The first kappa shape index (κ1) is 12.4. The van der Waals surface area contributed by atoms with E-state index in [1.807, 2.05) is 13.4 Å². The molecule has 1 aromatic heterocycles. The number of hydrogen-bond donors (Lipinski definition) is 0. The van der Waals surface area contributed by atoms with E-state index in [9.17, 15) is 0 Å². The predicted octanol–water partition coefficient (Wildman–Crippen LogP) is 4.28. The van der Waals surface area contributed by atoms with Crippen molar-refractivity contribution >= 4 is 15.9 Å². The van der Waals surface area contributed by atoms with Gasteiger partial charge in [0.05, 0.1) is 12.0 Å². The summed E-state index contributed by atoms with van der Waals surface area (Å²) in [6.07, 6.45) is 1.83. The highest BCUT2D eigenvalue weighted by atomic mass is 79.9. The van der Waals surface area contributed by atoms with Crippen molar-refractivity contribution in [2.45, 2.75) is 26.7 Å². The van der Waals surface area contributed by atoms with Crippen molar-refractivity contribution in [1.29, 1.82) is 0 Å². The van der Waals surface area contributed by atoms with Crippen LogP contribution in [0.4, 0.5) is 0 Å². The van der Waals surface area contributed by atoms with Crippen molar-refractivity contribution in [2.24, 2.45) is 7.05 Å². The first-order chi connectivity index (χ1) is 8.00. The highest BCUT2D eigenvalue weighted by molar-refractivity contribution is 9.10. The minimum absolute atomic E-state index is 0.543. The zero-order chi connectivity index (χ0) is 12.6. The molecule has 2 rings (SSSR count). The lowest BCUT2D eigenvalue weighted by Crippen LogP contribution is -1.95. The van der Waals surface area contributed by atoms with Crippen LogP contribution in [0.25, 0.3) is 11.3 Å². The predicted molar refractivity (Wildman–Crippen MR) is 75.2 cm³/mol. The largest absolute Gasteiger partial charge is 0.333 e. The molecule has 2 nitrogen and oxygen atoms in total. The van der Waals surface area contributed by atoms with Crippen LogP contribution in [-0.4, -0.2) is 9.55 Å². The van der Waals surface area contributed by atoms with Crippen LogP contribution in [-0.2, 0) is 7.05 Å². The summed E-state index contributed by atoms with van der Waals surface area (Å²) in [7, 11) is 2.02. The molecule has 0 amide bonds. The Morgan fingerprint density at radius 2 is 2.00 bits per heavy atom. The monoisotopic (exact) mass is 292 g/mol. The molecular weight excluding hydrogens is 276 g/mol. The van der Waals surface area contributed by atoms with E-state index < -0.39 is 0 Å². The number of rotatable bonds is 2. The Morgan fingerprint density at radius 1 is 1.29 bits per heavy atom. The fraction of sp³-hybridized carbons (Fsp3) is 0.357. The normalized spacial score (nSPS) is 11.2. The Morgan fingerprint density at radius 3 is 2.53 bits per heavy atom. The molecular formula is C14H17BrN2. The Hall–Kier alpha value is -1.09. The number of aryl methyl sites for hydroxylation is 2. The van der Waals surface area contributed by atoms with E-state index in [-0.39, 0.29) is 0 Å². The molecule has 0 N–H and O–H groups in total. The average Bonchev–Trinajstić information content (AvgIpc) is 2.59. The lowest BCUT2D eigenvalue weighted by Gasteiger charge is -2.12. The molecule has 0 spiro atoms. The molecule has 1 aromatic carbocycles. The SMILES string of the molecule is Cc1ccc(C(C)C)cc1-c1c(Br)ncn1C. The molecule has 0 fully saturated rings. The first-order valence-corrected chi connectivity index (χ1v) is 6.57. The summed E-state index contributed by atoms with van der Waals surface area (Å²) in [5.41, 5.74) is 5.03. The van der Waals surface area contributed by atoms with Gasteiger partial charge in [-0.2, -0.15) is 0 Å². The molecule has 2 aromatic rings. The van der Waals surface area contributed by atoms with Crippen LogP contribution in [0.1, 0.15) is 30.9 Å². The van der Waals surface area contributed by atoms with Crippen LogP contribution in [0.2, 0.25) is 0 Å². The maximum Gasteiger partial charge on any atom is 0.132 e. The third-order valence-corrected chi connectivity index (χ3v) is 3.66. The van der Waals surface area contributed by atoms with Crippen molar-refractivity contribution in [3.8, 4) is 11.3 Å². The van der Waals surface area contributed by atoms with Gasteiger partial charge >= 0.3 is 0 Å². The van der Waals surface area contributed by atoms with E-state index in [1.165, 1.54) is 16.7 Å². The third-order valence-electron chi connectivity index (χ3n) is 3.08. The molecule has 0 aliphatic heterocycles. The number of imidazole rings is 1. The van der Waals surface area contributed by atoms with Crippen LogP contribution < -0.4 is 0 Å². The Kier molecular flexibility index (Phi) is 3.38. The van der Waals surface area contributed by atoms with E-state index in [1.54, 1.807) is 0 Å². The number of halogens is 1. The van der Waals surface area contributed by atoms with Crippen molar-refractivity contribution in [1.82, 2.24) is 9.55 Å². The van der Waals surface area contributed by atoms with Gasteiger partial charge in [0.2, 0.25) is 0 Å². The molecule has 90 valence electrons. The van der Waals surface area contributed by atoms with Crippen LogP contribution in [0.15, 0.2) is 29.1 Å². The van der Waals surface area contributed by atoms with Crippen molar-refractivity contribution in [2.75, 3.05) is 0 Å². The summed E-state index contributed by atoms with van der Waals surface area (Å²) in [5, 5.41) is 0. The topological polar surface area (TPSA) is 17.8 Å². The third kappa shape index (κ3) is 2.29. The van der Waals surface area contributed by atoms with Gasteiger partial charge in [0.1, 0.15) is 4.60 Å². The Balaban J connectivity index is 2.62. The van der Waals surface area contributed by atoms with Crippen molar-refractivity contribution in [3.05, 3.63) is 40.3 Å². The molecule has 0 atom stereocenters. The summed E-state index contributed by atoms with van der Waals surface area (Å²) < 4.78 is 2.96. The van der Waals surface area contributed by atoms with Gasteiger partial charge < -0.3 is 4.57 Å². The van der Waals surface area contributed by atoms with E-state index in [2.05, 4.69) is 64.5 Å². The molecule has 0 bridgehead atoms. The fourth-order valence-electron chi connectivity index (χ4n) is 1.96. The highest BCUT2D eigenvalue weighted by Crippen LogP contribution is 2.31. The zero-order valence-electron chi connectivity index (χ0n) is 10.7. The van der Waals surface area contributed by atoms with Crippen molar-refractivity contribution < 1.29 is 0 Å². The van der Waals surface area contributed by atoms with E-state index in [0.29, 0.717) is 5.92 Å². The minimum atomic E-state index is 0.543. The minimum Gasteiger partial charge on any atom is -0.333 e. The van der Waals surface area contributed by atoms with Crippen LogP contribution >= 0.6 is 15.9 Å². The summed E-state index contributed by atoms with van der Waals surface area (Å²) in [4.78, 5) is 4.29. The van der Waals surface area contributed by atoms with Gasteiger partial charge in [-0.05, 0) is 46.0 Å². The number of nitrogens with zero attached hydrogens (tertiary/aromatic N) is 2. The second-order valence-corrected chi connectivity index (χ2v) is 5.48. The summed E-state index contributed by atoms with van der Waals surface area (Å²) in [5.74, 6) is 0.543. The van der Waals surface area contributed by atoms with Gasteiger partial charge in [-0.25, -0.2) is 4.98 Å². The second-order valence-electron chi connectivity index (χ2n) is 4.72. The number of benzene rings is 1. The lowest BCUT2D eigenvalue weighted by atomic mass is 9.96. The molecule has 0 aliphatic carbocycles. The maximum absolute atomic E-state index is 4.29. The standard InChI is InChI=1S/C14H17BrN2/c1-9(2)11-6-5-10(3)12(7-11)13-14(15)16-8-17(13)4/h5-9H,1-4H3. The lowest BCUT2D eigenvalue weighted by molar-refractivity contribution is 0.864. The highest BCUT2D eigenvalue weighted by Gasteiger charge is 2.12. The maximum atomic E-state index is 4.29. The summed E-state index contributed by atoms with van der Waals surface area (Å²) in [6, 6.07) is 6.65. The van der Waals surface area contributed by atoms with E-state index in [4.69, 9.17) is 0 Å². The Bertz CT molecular complexity index is 522. The molecule has 0 saturated carbocycles. The van der Waals surface area contributed by atoms with Gasteiger partial charge in [-0.15, -0.1) is 0 Å². The quantitative estimate of drug-likeness (QED) is 0.808. The fourth-order valence-corrected chi connectivity index (χ4v) is 2.54. The van der Waals surface area contributed by atoms with Crippen LogP contribution in [0.3, 0.4) is 0 Å². The van der Waals surface area contributed by atoms with E-state index in [0.717, 1.165) is 10.3 Å². The van der Waals surface area contributed by atoms with Gasteiger partial charge in [0, 0.05) is 12.6 Å². The molecule has 17 heavy (non-hydrogen) atoms. The molecule has 3 heteroatoms. The molecule has 0 aliphatic rings. The van der Waals surface area contributed by atoms with Gasteiger partial charge in [0.25, 0.3) is 0 Å². The molecule has 0 radical (unpaired) electrons. The molecule has 0 saturated heterocycles. The van der Waals surface area contributed by atoms with Gasteiger partial charge in [-0.3, -0.25) is 0 Å². The zero-order valence-corrected chi connectivity index (χ0v) is 12.2. The smallest absolute Gasteiger partial charge is 0.132 e. The van der Waals surface area contributed by atoms with Crippen molar-refractivity contribution in [3.63, 3.8) is 0 Å². The first-order valence-electron chi connectivity index (χ1n) is 5.78. The van der Waals surface area contributed by atoms with Gasteiger partial charge in [-0.1, -0.05) is 26.0 Å². The number of hydrogen-bond acceptors (Lipinski definition) is 1. The van der Waals surface area contributed by atoms with Gasteiger partial charge in [0.15, 0.2) is 0 Å². The molecule has 0 unspecified atom stereocenters. The Labute approximate surface area is 111 Å². The summed E-state index contributed by atoms with van der Waals surface area (Å²) in [6.45, 7) is 6.57. The molecule has 1 heterocycles. The van der Waals surface area contributed by atoms with E-state index >= 15 is 0 Å². The summed E-state index contributed by atoms with van der Waals surface area (Å²) >= 11 is 3.52. The van der Waals surface area contributed by atoms with Crippen LogP contribution in [0.5, 0.6) is 0 Å². The second kappa shape index (κ2) is 4.65.